The van der Waals surface area contributed by atoms with Crippen molar-refractivity contribution < 1.29 is 18.7 Å². The van der Waals surface area contributed by atoms with Gasteiger partial charge in [0, 0.05) is 43.2 Å². The van der Waals surface area contributed by atoms with Gasteiger partial charge in [-0.25, -0.2) is 14.2 Å². The van der Waals surface area contributed by atoms with Crippen molar-refractivity contribution in [2.45, 2.75) is 33.1 Å². The summed E-state index contributed by atoms with van der Waals surface area (Å²) in [4.78, 5) is 38.0. The highest BCUT2D eigenvalue weighted by atomic mass is 19.1. The smallest absolute Gasteiger partial charge is 0.341 e. The molecule has 1 aromatic carbocycles. The Hall–Kier alpha value is -3.68. The zero-order valence-corrected chi connectivity index (χ0v) is 20.3. The third-order valence-corrected chi connectivity index (χ3v) is 6.06. The second kappa shape index (κ2) is 8.59. The maximum Gasteiger partial charge on any atom is 0.341 e. The van der Waals surface area contributed by atoms with E-state index in [1.165, 1.54) is 29.3 Å². The number of halogens is 1. The van der Waals surface area contributed by atoms with Crippen LogP contribution in [0.4, 0.5) is 10.2 Å². The molecule has 178 valence electrons. The number of fused-ring (bicyclic) bond motifs is 3. The Morgan fingerprint density at radius 3 is 2.62 bits per heavy atom. The molecule has 34 heavy (non-hydrogen) atoms. The molecule has 0 atom stereocenters. The SMILES string of the molecule is CCOC(=O)C1=CN(C(=O)c2ccc(F)c(C)c2)CC(C)(C)c2c1[nH]c1nc(N(C)C)ccc21. The van der Waals surface area contributed by atoms with Gasteiger partial charge in [-0.1, -0.05) is 13.8 Å². The third-order valence-electron chi connectivity index (χ3n) is 6.06. The number of amides is 1. The first-order chi connectivity index (χ1) is 16.0. The quantitative estimate of drug-likeness (QED) is 0.579. The van der Waals surface area contributed by atoms with Gasteiger partial charge < -0.3 is 19.5 Å². The van der Waals surface area contributed by atoms with Crippen LogP contribution in [-0.4, -0.2) is 54.0 Å². The van der Waals surface area contributed by atoms with E-state index in [0.29, 0.717) is 29.0 Å². The van der Waals surface area contributed by atoms with Gasteiger partial charge >= 0.3 is 5.97 Å². The molecule has 0 radical (unpaired) electrons. The number of aryl methyl sites for hydroxylation is 1. The average Bonchev–Trinajstić information content (AvgIpc) is 3.12. The largest absolute Gasteiger partial charge is 0.462 e. The molecule has 8 heteroatoms. The molecule has 3 heterocycles. The highest BCUT2D eigenvalue weighted by Gasteiger charge is 2.38. The van der Waals surface area contributed by atoms with Crippen LogP contribution < -0.4 is 4.90 Å². The molecule has 0 saturated carbocycles. The maximum absolute atomic E-state index is 13.8. The van der Waals surface area contributed by atoms with Crippen molar-refractivity contribution in [3.63, 3.8) is 0 Å². The zero-order valence-electron chi connectivity index (χ0n) is 20.3. The van der Waals surface area contributed by atoms with Crippen LogP contribution in [0.3, 0.4) is 0 Å². The van der Waals surface area contributed by atoms with Crippen molar-refractivity contribution in [1.29, 1.82) is 0 Å². The molecule has 0 bridgehead atoms. The Morgan fingerprint density at radius 2 is 1.97 bits per heavy atom. The van der Waals surface area contributed by atoms with Gasteiger partial charge in [0.2, 0.25) is 0 Å². The first-order valence-electron chi connectivity index (χ1n) is 11.2. The van der Waals surface area contributed by atoms with Crippen molar-refractivity contribution >= 4 is 34.3 Å². The topological polar surface area (TPSA) is 78.5 Å². The van der Waals surface area contributed by atoms with Gasteiger partial charge in [-0.05, 0) is 55.3 Å². The number of hydrogen-bond donors (Lipinski definition) is 1. The molecule has 1 N–H and O–H groups in total. The van der Waals surface area contributed by atoms with Crippen molar-refractivity contribution in [1.82, 2.24) is 14.9 Å². The van der Waals surface area contributed by atoms with Gasteiger partial charge in [0.25, 0.3) is 5.91 Å². The lowest BCUT2D eigenvalue weighted by atomic mass is 9.82. The van der Waals surface area contributed by atoms with Gasteiger partial charge in [0.15, 0.2) is 0 Å². The number of benzene rings is 1. The number of aromatic amines is 1. The van der Waals surface area contributed by atoms with Crippen molar-refractivity contribution in [3.8, 4) is 0 Å². The maximum atomic E-state index is 13.8. The van der Waals surface area contributed by atoms with Crippen molar-refractivity contribution in [2.24, 2.45) is 0 Å². The fourth-order valence-electron chi connectivity index (χ4n) is 4.42. The molecule has 1 amide bonds. The van der Waals surface area contributed by atoms with Gasteiger partial charge in [-0.2, -0.15) is 0 Å². The lowest BCUT2D eigenvalue weighted by Gasteiger charge is -2.29. The minimum absolute atomic E-state index is 0.198. The van der Waals surface area contributed by atoms with Crippen molar-refractivity contribution in [3.05, 3.63) is 64.7 Å². The number of H-pyrrole nitrogens is 1. The van der Waals surface area contributed by atoms with Crippen LogP contribution in [0.2, 0.25) is 0 Å². The highest BCUT2D eigenvalue weighted by Crippen LogP contribution is 2.40. The first kappa shape index (κ1) is 23.5. The fourth-order valence-corrected chi connectivity index (χ4v) is 4.42. The first-order valence-corrected chi connectivity index (χ1v) is 11.2. The Bertz CT molecular complexity index is 1320. The zero-order chi connectivity index (χ0) is 24.8. The standard InChI is InChI=1S/C26H29FN4O3/c1-7-34-25(33)18-13-31(24(32)16-8-10-19(27)15(2)12-16)14-26(3,4)21-17-9-11-20(30(5)6)28-23(17)29-22(18)21/h8-13H,7,14H2,1-6H3,(H,28,29). The summed E-state index contributed by atoms with van der Waals surface area (Å²) in [6.45, 7) is 7.91. The number of nitrogens with one attached hydrogen (secondary N) is 1. The minimum atomic E-state index is -0.537. The predicted molar refractivity (Wildman–Crippen MR) is 130 cm³/mol. The van der Waals surface area contributed by atoms with E-state index < -0.39 is 11.4 Å². The van der Waals surface area contributed by atoms with E-state index in [-0.39, 0.29) is 23.9 Å². The second-order valence-electron chi connectivity index (χ2n) is 9.38. The second-order valence-corrected chi connectivity index (χ2v) is 9.38. The van der Waals surface area contributed by atoms with Crippen molar-refractivity contribution in [2.75, 3.05) is 32.1 Å². The summed E-state index contributed by atoms with van der Waals surface area (Å²) in [5.41, 5.74) is 2.59. The summed E-state index contributed by atoms with van der Waals surface area (Å²) < 4.78 is 19.1. The van der Waals surface area contributed by atoms with Gasteiger partial charge in [0.1, 0.15) is 17.3 Å². The molecule has 1 aliphatic rings. The monoisotopic (exact) mass is 464 g/mol. The number of rotatable bonds is 4. The summed E-state index contributed by atoms with van der Waals surface area (Å²) in [7, 11) is 3.83. The highest BCUT2D eigenvalue weighted by molar-refractivity contribution is 6.18. The lowest BCUT2D eigenvalue weighted by molar-refractivity contribution is -0.136. The van der Waals surface area contributed by atoms with Crippen LogP contribution in [-0.2, 0) is 14.9 Å². The summed E-state index contributed by atoms with van der Waals surface area (Å²) in [6, 6.07) is 8.18. The average molecular weight is 465 g/mol. The number of hydrogen-bond acceptors (Lipinski definition) is 5. The van der Waals surface area contributed by atoms with E-state index in [9.17, 15) is 14.0 Å². The number of aromatic nitrogens is 2. The van der Waals surface area contributed by atoms with Crippen LogP contribution in [0, 0.1) is 12.7 Å². The summed E-state index contributed by atoms with van der Waals surface area (Å²) >= 11 is 0. The normalized spacial score (nSPS) is 14.9. The molecule has 2 aromatic heterocycles. The molecule has 0 fully saturated rings. The minimum Gasteiger partial charge on any atom is -0.462 e. The van der Waals surface area contributed by atoms with Crippen LogP contribution in [0.25, 0.3) is 16.6 Å². The summed E-state index contributed by atoms with van der Waals surface area (Å²) in [5, 5.41) is 0.882. The van der Waals surface area contributed by atoms with E-state index in [4.69, 9.17) is 9.72 Å². The Kier molecular flexibility index (Phi) is 5.93. The van der Waals surface area contributed by atoms with Crippen LogP contribution >= 0.6 is 0 Å². The molecule has 0 unspecified atom stereocenters. The van der Waals surface area contributed by atoms with E-state index >= 15 is 0 Å². The number of ether oxygens (including phenoxy) is 1. The molecule has 0 spiro atoms. The number of carbonyl (C=O) groups is 2. The molecule has 7 nitrogen and oxygen atoms in total. The Balaban J connectivity index is 1.90. The molecule has 0 aliphatic carbocycles. The predicted octanol–water partition coefficient (Wildman–Crippen LogP) is 4.41. The van der Waals surface area contributed by atoms with Crippen LogP contribution in [0.5, 0.6) is 0 Å². The number of anilines is 1. The molecule has 3 aromatic rings. The van der Waals surface area contributed by atoms with Crippen LogP contribution in [0.15, 0.2) is 36.5 Å². The summed E-state index contributed by atoms with van der Waals surface area (Å²) in [6.07, 6.45) is 1.54. The fraction of sp³-hybridized carbons (Fsp3) is 0.346. The summed E-state index contributed by atoms with van der Waals surface area (Å²) in [5.74, 6) is -0.442. The van der Waals surface area contributed by atoms with E-state index in [0.717, 1.165) is 16.8 Å². The number of carbonyl (C=O) groups excluding carboxylic acids is 2. The van der Waals surface area contributed by atoms with E-state index in [1.54, 1.807) is 13.8 Å². The molecular formula is C26H29FN4O3. The molecular weight excluding hydrogens is 435 g/mol. The van der Waals surface area contributed by atoms with Gasteiger partial charge in [-0.3, -0.25) is 4.79 Å². The van der Waals surface area contributed by atoms with E-state index in [1.807, 2.05) is 45.0 Å². The Morgan fingerprint density at radius 1 is 1.24 bits per heavy atom. The molecule has 0 saturated heterocycles. The van der Waals surface area contributed by atoms with Gasteiger partial charge in [-0.15, -0.1) is 0 Å². The van der Waals surface area contributed by atoms with Crippen LogP contribution in [0.1, 0.15) is 48.0 Å². The van der Waals surface area contributed by atoms with E-state index in [2.05, 4.69) is 4.98 Å². The Labute approximate surface area is 198 Å². The molecule has 1 aliphatic heterocycles. The molecule has 4 rings (SSSR count). The lowest BCUT2D eigenvalue weighted by Crippen LogP contribution is -2.37. The number of nitrogens with zero attached hydrogens (tertiary/aromatic N) is 3. The number of esters is 1. The number of pyridine rings is 1. The van der Waals surface area contributed by atoms with Gasteiger partial charge in [0.05, 0.1) is 17.9 Å². The third kappa shape index (κ3) is 4.04.